The summed E-state index contributed by atoms with van der Waals surface area (Å²) in [7, 11) is -2.87. The highest BCUT2D eigenvalue weighted by atomic mass is 35.5. The lowest BCUT2D eigenvalue weighted by molar-refractivity contribution is 0.0987. The van der Waals surface area contributed by atoms with E-state index in [1.807, 2.05) is 0 Å². The van der Waals surface area contributed by atoms with Gasteiger partial charge in [-0.05, 0) is 51.8 Å². The minimum absolute atomic E-state index is 0.00348. The summed E-state index contributed by atoms with van der Waals surface area (Å²) in [4.78, 5) is 25.9. The number of hydrogen-bond acceptors (Lipinski definition) is 7. The molecule has 2 aliphatic rings. The van der Waals surface area contributed by atoms with Crippen LogP contribution >= 0.6 is 23.2 Å². The van der Waals surface area contributed by atoms with Crippen LogP contribution in [-0.2, 0) is 21.7 Å². The van der Waals surface area contributed by atoms with Crippen molar-refractivity contribution in [2.24, 2.45) is 15.1 Å². The Labute approximate surface area is 202 Å². The molecule has 0 amide bonds. The normalized spacial score (nSPS) is 28.4. The highest BCUT2D eigenvalue weighted by Gasteiger charge is 2.56. The van der Waals surface area contributed by atoms with E-state index in [1.165, 1.54) is 24.4 Å². The lowest BCUT2D eigenvalue weighted by Crippen LogP contribution is -2.60. The molecule has 0 bridgehead atoms. The number of aliphatic imine (C=N–C) groups is 1. The lowest BCUT2D eigenvalue weighted by Gasteiger charge is -2.47. The van der Waals surface area contributed by atoms with Crippen LogP contribution < -0.4 is 5.73 Å². The Bertz CT molecular complexity index is 1310. The number of Topliss-reactive ketones (excluding diaryl/α,β-unsaturated/α-hetero) is 1. The largest absolute Gasteiger partial charge is 0.386 e. The van der Waals surface area contributed by atoms with E-state index < -0.39 is 36.9 Å². The molecule has 33 heavy (non-hydrogen) atoms. The summed E-state index contributed by atoms with van der Waals surface area (Å²) in [5.41, 5.74) is 5.33. The molecule has 0 unspecified atom stereocenters. The maximum atomic E-state index is 15.1. The summed E-state index contributed by atoms with van der Waals surface area (Å²) in [6, 6.07) is 4.09. The Morgan fingerprint density at radius 2 is 2.03 bits per heavy atom. The zero-order valence-electron chi connectivity index (χ0n) is 18.4. The van der Waals surface area contributed by atoms with E-state index in [1.54, 1.807) is 20.8 Å². The number of nitrogens with zero attached hydrogens (tertiary/aromatic N) is 4. The fourth-order valence-electron chi connectivity index (χ4n) is 4.45. The van der Waals surface area contributed by atoms with Crippen molar-refractivity contribution >= 4 is 44.5 Å². The summed E-state index contributed by atoms with van der Waals surface area (Å²) < 4.78 is 32.8. The maximum Gasteiger partial charge on any atom is 0.188 e. The van der Waals surface area contributed by atoms with Crippen LogP contribution in [0.2, 0.25) is 10.0 Å². The standard InChI is InChI=1S/C22H24Cl2FN5O2S/c1-21(2)20(26)30-22(3,17-5-4-8-28-33(17,21)32)19-15(25)7-6-13(29-19)10-16(31)18-14(24)9-12(23)11-27-18/h6-7,9,11,17H,4-5,8,10H2,1-3H3,(H2,26,30)/t17-,22-,33-/m0/s1. The Hall–Kier alpha value is -2.10. The molecular weight excluding hydrogens is 488 g/mol. The Morgan fingerprint density at radius 3 is 2.73 bits per heavy atom. The number of pyridine rings is 2. The van der Waals surface area contributed by atoms with Crippen LogP contribution in [0.3, 0.4) is 0 Å². The molecule has 4 heterocycles. The number of halogens is 3. The summed E-state index contributed by atoms with van der Waals surface area (Å²) in [5.74, 6) is -0.854. The summed E-state index contributed by atoms with van der Waals surface area (Å²) in [6.45, 7) is 5.67. The Morgan fingerprint density at radius 1 is 1.30 bits per heavy atom. The third-order valence-electron chi connectivity index (χ3n) is 6.42. The van der Waals surface area contributed by atoms with Crippen LogP contribution in [0, 0.1) is 5.82 Å². The van der Waals surface area contributed by atoms with Crippen molar-refractivity contribution in [1.29, 1.82) is 0 Å². The van der Waals surface area contributed by atoms with E-state index in [2.05, 4.69) is 19.3 Å². The minimum atomic E-state index is -2.87. The van der Waals surface area contributed by atoms with Gasteiger partial charge in [0.1, 0.15) is 33.3 Å². The average molecular weight is 512 g/mol. The number of amidine groups is 1. The highest BCUT2D eigenvalue weighted by Crippen LogP contribution is 2.46. The number of fused-ring (bicyclic) bond motifs is 1. The number of nitrogens with two attached hydrogens (primary N) is 1. The molecule has 2 aromatic heterocycles. The SMILES string of the molecule is CC1(C)C(N)=N[C@](C)(c2nc(CC(=O)c3ncc(Cl)cc3Cl)ccc2F)[C@@H]2CCCN=[S@]21=O. The van der Waals surface area contributed by atoms with Gasteiger partial charge in [-0.3, -0.25) is 14.8 Å². The van der Waals surface area contributed by atoms with Gasteiger partial charge in [0.2, 0.25) is 0 Å². The summed E-state index contributed by atoms with van der Waals surface area (Å²) >= 11 is 12.0. The molecule has 0 fully saturated rings. The van der Waals surface area contributed by atoms with Crippen molar-refractivity contribution in [2.75, 3.05) is 6.54 Å². The van der Waals surface area contributed by atoms with E-state index in [0.29, 0.717) is 30.1 Å². The average Bonchev–Trinajstić information content (AvgIpc) is 2.74. The zero-order chi connectivity index (χ0) is 24.2. The zero-order valence-corrected chi connectivity index (χ0v) is 20.8. The van der Waals surface area contributed by atoms with Crippen molar-refractivity contribution in [2.45, 2.75) is 55.6 Å². The number of rotatable bonds is 4. The molecule has 176 valence electrons. The molecule has 11 heteroatoms. The van der Waals surface area contributed by atoms with Crippen LogP contribution in [0.4, 0.5) is 4.39 Å². The molecule has 3 atom stereocenters. The molecular formula is C22H24Cl2FN5O2S. The number of hydrogen-bond donors (Lipinski definition) is 1. The first-order valence-corrected chi connectivity index (χ1v) is 12.8. The van der Waals surface area contributed by atoms with Gasteiger partial charge in [-0.2, -0.15) is 0 Å². The van der Waals surface area contributed by atoms with Gasteiger partial charge in [0.15, 0.2) is 5.78 Å². The predicted octanol–water partition coefficient (Wildman–Crippen LogP) is 4.34. The van der Waals surface area contributed by atoms with Gasteiger partial charge in [0.25, 0.3) is 0 Å². The van der Waals surface area contributed by atoms with Crippen molar-refractivity contribution in [3.63, 3.8) is 0 Å². The number of aromatic nitrogens is 2. The molecule has 0 saturated carbocycles. The first-order chi connectivity index (χ1) is 15.4. The monoisotopic (exact) mass is 511 g/mol. The van der Waals surface area contributed by atoms with Crippen LogP contribution in [0.5, 0.6) is 0 Å². The first kappa shape index (κ1) is 24.0. The van der Waals surface area contributed by atoms with Crippen LogP contribution in [0.15, 0.2) is 33.8 Å². The Kier molecular flexibility index (Phi) is 6.04. The molecule has 2 aromatic rings. The molecule has 0 spiro atoms. The molecule has 7 nitrogen and oxygen atoms in total. The number of carbonyl (C=O) groups is 1. The van der Waals surface area contributed by atoms with Crippen LogP contribution in [-0.4, -0.2) is 42.3 Å². The van der Waals surface area contributed by atoms with Gasteiger partial charge >= 0.3 is 0 Å². The van der Waals surface area contributed by atoms with Gasteiger partial charge < -0.3 is 5.73 Å². The third kappa shape index (κ3) is 3.84. The van der Waals surface area contributed by atoms with E-state index in [9.17, 15) is 9.00 Å². The molecule has 4 rings (SSSR count). The lowest BCUT2D eigenvalue weighted by atomic mass is 9.88. The minimum Gasteiger partial charge on any atom is -0.386 e. The van der Waals surface area contributed by atoms with E-state index in [-0.39, 0.29) is 28.7 Å². The smallest absolute Gasteiger partial charge is 0.188 e. The fourth-order valence-corrected chi connectivity index (χ4v) is 8.17. The third-order valence-corrected chi connectivity index (χ3v) is 10.6. The van der Waals surface area contributed by atoms with Crippen molar-refractivity contribution in [3.05, 3.63) is 57.3 Å². The fraction of sp³-hybridized carbons (Fsp3) is 0.455. The molecule has 2 N–H and O–H groups in total. The molecule has 0 saturated heterocycles. The topological polar surface area (TPSA) is 111 Å². The van der Waals surface area contributed by atoms with Gasteiger partial charge in [-0.15, -0.1) is 0 Å². The second kappa shape index (κ2) is 8.29. The quantitative estimate of drug-likeness (QED) is 0.613. The number of carbonyl (C=O) groups excluding carboxylic acids is 1. The first-order valence-electron chi connectivity index (χ1n) is 10.5. The van der Waals surface area contributed by atoms with Gasteiger partial charge in [0, 0.05) is 18.4 Å². The summed E-state index contributed by atoms with van der Waals surface area (Å²) in [5, 5.41) is -0.137. The molecule has 2 aliphatic heterocycles. The second-order valence-electron chi connectivity index (χ2n) is 8.92. The van der Waals surface area contributed by atoms with Gasteiger partial charge in [-0.25, -0.2) is 17.9 Å². The number of ketones is 1. The van der Waals surface area contributed by atoms with Crippen molar-refractivity contribution < 1.29 is 13.4 Å². The highest BCUT2D eigenvalue weighted by molar-refractivity contribution is 7.96. The van der Waals surface area contributed by atoms with Crippen molar-refractivity contribution in [1.82, 2.24) is 9.97 Å². The second-order valence-corrected chi connectivity index (χ2v) is 12.8. The predicted molar refractivity (Wildman–Crippen MR) is 128 cm³/mol. The van der Waals surface area contributed by atoms with Crippen molar-refractivity contribution in [3.8, 4) is 0 Å². The maximum absolute atomic E-state index is 15.1. The molecule has 0 radical (unpaired) electrons. The summed E-state index contributed by atoms with van der Waals surface area (Å²) in [6.07, 6.45) is 2.43. The Balaban J connectivity index is 1.78. The van der Waals surface area contributed by atoms with E-state index in [4.69, 9.17) is 28.9 Å². The van der Waals surface area contributed by atoms with Crippen LogP contribution in [0.1, 0.15) is 55.5 Å². The van der Waals surface area contributed by atoms with Gasteiger partial charge in [0.05, 0.1) is 31.4 Å². The van der Waals surface area contributed by atoms with E-state index >= 15 is 4.39 Å². The van der Waals surface area contributed by atoms with E-state index in [0.717, 1.165) is 0 Å². The molecule has 0 aromatic carbocycles. The van der Waals surface area contributed by atoms with Crippen LogP contribution in [0.25, 0.3) is 0 Å². The molecule has 0 aliphatic carbocycles. The van der Waals surface area contributed by atoms with Gasteiger partial charge in [-0.1, -0.05) is 23.2 Å².